The quantitative estimate of drug-likeness (QED) is 0.881. The van der Waals surface area contributed by atoms with Crippen LogP contribution in [0.25, 0.3) is 0 Å². The molecule has 0 saturated carbocycles. The highest BCUT2D eigenvalue weighted by Gasteiger charge is 2.29. The van der Waals surface area contributed by atoms with Crippen LogP contribution >= 0.6 is 24.4 Å². The molecule has 0 spiro atoms. The Morgan fingerprint density at radius 3 is 2.05 bits per heavy atom. The molecule has 1 aliphatic rings. The largest absolute Gasteiger partial charge is 0.478 e. The second-order valence-corrected chi connectivity index (χ2v) is 5.48. The number of hydrogen-bond acceptors (Lipinski definition) is 3. The summed E-state index contributed by atoms with van der Waals surface area (Å²) in [4.78, 5) is 14.4. The molecule has 0 aromatic heterocycles. The molecule has 0 radical (unpaired) electrons. The first-order chi connectivity index (χ1) is 10.1. The van der Waals surface area contributed by atoms with E-state index in [-0.39, 0.29) is 5.56 Å². The van der Waals surface area contributed by atoms with Gasteiger partial charge in [-0.3, -0.25) is 0 Å². The number of thiocarbonyl (C=S) groups is 2. The maximum Gasteiger partial charge on any atom is 0.336 e. The summed E-state index contributed by atoms with van der Waals surface area (Å²) in [7, 11) is 0. The minimum absolute atomic E-state index is 0.277. The zero-order valence-corrected chi connectivity index (χ0v) is 12.6. The number of carbonyl (C=O) groups is 1. The molecule has 1 N–H and O–H groups in total. The van der Waals surface area contributed by atoms with Crippen LogP contribution in [-0.2, 0) is 6.54 Å². The fraction of sp³-hybridized carbons (Fsp3) is 0.0625. The van der Waals surface area contributed by atoms with E-state index < -0.39 is 5.97 Å². The molecule has 104 valence electrons. The van der Waals surface area contributed by atoms with Gasteiger partial charge < -0.3 is 10.0 Å². The van der Waals surface area contributed by atoms with Crippen LogP contribution in [0.1, 0.15) is 27.0 Å². The van der Waals surface area contributed by atoms with E-state index in [0.29, 0.717) is 22.1 Å². The number of benzene rings is 2. The first-order valence-corrected chi connectivity index (χ1v) is 7.17. The Hall–Kier alpha value is -2.11. The molecular weight excluding hydrogens is 302 g/mol. The van der Waals surface area contributed by atoms with Crippen LogP contribution in [0.15, 0.2) is 48.5 Å². The third-order valence-corrected chi connectivity index (χ3v) is 4.34. The lowest BCUT2D eigenvalue weighted by atomic mass is 10.1. The van der Waals surface area contributed by atoms with Gasteiger partial charge in [0.2, 0.25) is 0 Å². The molecule has 2 aromatic rings. The van der Waals surface area contributed by atoms with Crippen LogP contribution in [-0.4, -0.2) is 26.0 Å². The van der Waals surface area contributed by atoms with Gasteiger partial charge >= 0.3 is 5.97 Å². The van der Waals surface area contributed by atoms with Crippen molar-refractivity contribution in [3.63, 3.8) is 0 Å². The minimum atomic E-state index is -0.945. The van der Waals surface area contributed by atoms with E-state index >= 15 is 0 Å². The van der Waals surface area contributed by atoms with Crippen molar-refractivity contribution in [2.75, 3.05) is 0 Å². The molecule has 5 heteroatoms. The van der Waals surface area contributed by atoms with Gasteiger partial charge in [0.25, 0.3) is 0 Å². The number of aromatic carboxylic acids is 1. The third-order valence-electron chi connectivity index (χ3n) is 3.45. The summed E-state index contributed by atoms with van der Waals surface area (Å²) in [6, 6.07) is 14.6. The van der Waals surface area contributed by atoms with Crippen molar-refractivity contribution in [1.82, 2.24) is 4.90 Å². The highest BCUT2D eigenvalue weighted by atomic mass is 32.1. The molecule has 3 nitrogen and oxygen atoms in total. The first-order valence-electron chi connectivity index (χ1n) is 6.36. The third kappa shape index (κ3) is 2.34. The molecule has 3 rings (SSSR count). The number of carboxylic acids is 1. The summed E-state index contributed by atoms with van der Waals surface area (Å²) < 4.78 is 0. The second-order valence-electron chi connectivity index (χ2n) is 4.70. The Morgan fingerprint density at radius 1 is 0.952 bits per heavy atom. The Balaban J connectivity index is 1.96. The standard InChI is InChI=1S/C16H11NO2S2/c18-16(19)11-6-2-1-5-10(11)9-17-14(20)12-7-3-4-8-13(12)15(17)21/h1-8H,9H2,(H,18,19). The molecule has 1 heterocycles. The first kappa shape index (κ1) is 13.9. The van der Waals surface area contributed by atoms with E-state index in [0.717, 1.165) is 11.1 Å². The number of nitrogens with zero attached hydrogens (tertiary/aromatic N) is 1. The number of carboxylic acid groups (broad SMARTS) is 1. The Morgan fingerprint density at radius 2 is 1.48 bits per heavy atom. The van der Waals surface area contributed by atoms with Gasteiger partial charge in [0, 0.05) is 11.1 Å². The second kappa shape index (κ2) is 5.35. The van der Waals surface area contributed by atoms with Crippen molar-refractivity contribution in [3.05, 3.63) is 70.8 Å². The van der Waals surface area contributed by atoms with Crippen LogP contribution in [0.2, 0.25) is 0 Å². The number of hydrogen-bond donors (Lipinski definition) is 1. The summed E-state index contributed by atoms with van der Waals surface area (Å²) in [6.45, 7) is 0.370. The van der Waals surface area contributed by atoms with Gasteiger partial charge in [-0.15, -0.1) is 0 Å². The zero-order chi connectivity index (χ0) is 15.0. The van der Waals surface area contributed by atoms with Crippen molar-refractivity contribution in [2.45, 2.75) is 6.54 Å². The van der Waals surface area contributed by atoms with Crippen LogP contribution in [0.5, 0.6) is 0 Å². The maximum atomic E-state index is 11.3. The molecule has 0 fully saturated rings. The summed E-state index contributed by atoms with van der Waals surface area (Å²) in [5.41, 5.74) is 2.84. The summed E-state index contributed by atoms with van der Waals surface area (Å²) >= 11 is 10.9. The van der Waals surface area contributed by atoms with Gasteiger partial charge in [0.15, 0.2) is 0 Å². The molecular formula is C16H11NO2S2. The van der Waals surface area contributed by atoms with Crippen LogP contribution in [0.4, 0.5) is 0 Å². The predicted octanol–water partition coefficient (Wildman–Crippen LogP) is 3.25. The monoisotopic (exact) mass is 313 g/mol. The normalized spacial score (nSPS) is 13.4. The van der Waals surface area contributed by atoms with E-state index in [1.165, 1.54) is 0 Å². The SMILES string of the molecule is O=C(O)c1ccccc1CN1C(=S)c2ccccc2C1=S. The van der Waals surface area contributed by atoms with Crippen molar-refractivity contribution in [2.24, 2.45) is 0 Å². The van der Waals surface area contributed by atoms with Gasteiger partial charge in [0.1, 0.15) is 9.98 Å². The zero-order valence-electron chi connectivity index (χ0n) is 10.9. The van der Waals surface area contributed by atoms with Gasteiger partial charge in [-0.25, -0.2) is 4.79 Å². The van der Waals surface area contributed by atoms with Crippen LogP contribution < -0.4 is 0 Å². The van der Waals surface area contributed by atoms with Gasteiger partial charge in [0.05, 0.1) is 12.1 Å². The molecule has 21 heavy (non-hydrogen) atoms. The van der Waals surface area contributed by atoms with E-state index in [9.17, 15) is 9.90 Å². The van der Waals surface area contributed by atoms with Gasteiger partial charge in [-0.2, -0.15) is 0 Å². The topological polar surface area (TPSA) is 40.5 Å². The fourth-order valence-corrected chi connectivity index (χ4v) is 3.15. The van der Waals surface area contributed by atoms with Gasteiger partial charge in [-0.1, -0.05) is 66.9 Å². The molecule has 0 atom stereocenters. The number of rotatable bonds is 3. The van der Waals surface area contributed by atoms with Crippen molar-refractivity contribution >= 4 is 40.4 Å². The molecule has 1 aliphatic heterocycles. The predicted molar refractivity (Wildman–Crippen MR) is 88.8 cm³/mol. The van der Waals surface area contributed by atoms with Crippen LogP contribution in [0.3, 0.4) is 0 Å². The van der Waals surface area contributed by atoms with E-state index in [1.807, 2.05) is 35.2 Å². The fourth-order valence-electron chi connectivity index (χ4n) is 2.42. The average Bonchev–Trinajstić information content (AvgIpc) is 2.73. The average molecular weight is 313 g/mol. The molecule has 2 aromatic carbocycles. The lowest BCUT2D eigenvalue weighted by molar-refractivity contribution is 0.0695. The lowest BCUT2D eigenvalue weighted by Gasteiger charge is -2.19. The van der Waals surface area contributed by atoms with E-state index in [2.05, 4.69) is 0 Å². The Labute approximate surface area is 132 Å². The number of fused-ring (bicyclic) bond motifs is 1. The lowest BCUT2D eigenvalue weighted by Crippen LogP contribution is -2.28. The molecule has 0 amide bonds. The molecule has 0 unspecified atom stereocenters. The molecule has 0 saturated heterocycles. The summed E-state index contributed by atoms with van der Waals surface area (Å²) in [5.74, 6) is -0.945. The smallest absolute Gasteiger partial charge is 0.336 e. The van der Waals surface area contributed by atoms with Crippen molar-refractivity contribution in [1.29, 1.82) is 0 Å². The molecule has 0 bridgehead atoms. The van der Waals surface area contributed by atoms with Crippen molar-refractivity contribution < 1.29 is 9.90 Å². The highest BCUT2D eigenvalue weighted by Crippen LogP contribution is 2.26. The van der Waals surface area contributed by atoms with E-state index in [4.69, 9.17) is 24.4 Å². The maximum absolute atomic E-state index is 11.3. The van der Waals surface area contributed by atoms with Gasteiger partial charge in [-0.05, 0) is 11.6 Å². The Bertz CT molecular complexity index is 735. The van der Waals surface area contributed by atoms with Crippen molar-refractivity contribution in [3.8, 4) is 0 Å². The Kier molecular flexibility index (Phi) is 3.53. The minimum Gasteiger partial charge on any atom is -0.478 e. The summed E-state index contributed by atoms with van der Waals surface area (Å²) in [5, 5.41) is 9.26. The summed E-state index contributed by atoms with van der Waals surface area (Å²) in [6.07, 6.45) is 0. The molecule has 0 aliphatic carbocycles. The highest BCUT2D eigenvalue weighted by molar-refractivity contribution is 7.82. The van der Waals surface area contributed by atoms with Crippen LogP contribution in [0, 0.1) is 0 Å². The van der Waals surface area contributed by atoms with E-state index in [1.54, 1.807) is 18.2 Å².